The Balaban J connectivity index is 2.14. The number of halogens is 2. The second-order valence-corrected chi connectivity index (χ2v) is 5.61. The summed E-state index contributed by atoms with van der Waals surface area (Å²) < 4.78 is 1.04. The average Bonchev–Trinajstić information content (AvgIpc) is 2.30. The molecule has 0 spiro atoms. The van der Waals surface area contributed by atoms with Crippen LogP contribution in [0.3, 0.4) is 0 Å². The van der Waals surface area contributed by atoms with Gasteiger partial charge in [0.05, 0.1) is 0 Å². The standard InChI is InChI=1S/C14H21BrClN/c1-2-3-4-5-6-7-10-17-14-9-8-12(16)11-13(14)15/h8-9,11,17H,2-7,10H2,1H3. The van der Waals surface area contributed by atoms with E-state index in [-0.39, 0.29) is 0 Å². The Morgan fingerprint density at radius 3 is 2.53 bits per heavy atom. The van der Waals surface area contributed by atoms with Crippen LogP contribution in [0.4, 0.5) is 5.69 Å². The molecule has 0 aliphatic carbocycles. The molecule has 0 radical (unpaired) electrons. The summed E-state index contributed by atoms with van der Waals surface area (Å²) in [6.07, 6.45) is 7.97. The van der Waals surface area contributed by atoms with Crippen LogP contribution < -0.4 is 5.32 Å². The van der Waals surface area contributed by atoms with Gasteiger partial charge < -0.3 is 5.32 Å². The summed E-state index contributed by atoms with van der Waals surface area (Å²) in [5.74, 6) is 0. The van der Waals surface area contributed by atoms with Crippen molar-refractivity contribution in [3.05, 3.63) is 27.7 Å². The number of rotatable bonds is 8. The molecule has 3 heteroatoms. The van der Waals surface area contributed by atoms with Crippen molar-refractivity contribution in [3.8, 4) is 0 Å². The maximum atomic E-state index is 5.89. The zero-order chi connectivity index (χ0) is 12.5. The molecule has 1 rings (SSSR count). The third-order valence-electron chi connectivity index (χ3n) is 2.78. The van der Waals surface area contributed by atoms with E-state index in [0.717, 1.165) is 21.7 Å². The quantitative estimate of drug-likeness (QED) is 0.591. The molecule has 1 aromatic carbocycles. The number of unbranched alkanes of at least 4 members (excludes halogenated alkanes) is 5. The van der Waals surface area contributed by atoms with Crippen LogP contribution in [0.2, 0.25) is 5.02 Å². The molecular weight excluding hydrogens is 298 g/mol. The third-order valence-corrected chi connectivity index (χ3v) is 3.67. The number of nitrogens with one attached hydrogen (secondary N) is 1. The molecular formula is C14H21BrClN. The van der Waals surface area contributed by atoms with E-state index in [1.165, 1.54) is 38.5 Å². The maximum absolute atomic E-state index is 5.89. The molecule has 0 saturated heterocycles. The Morgan fingerprint density at radius 1 is 1.12 bits per heavy atom. The number of anilines is 1. The Kier molecular flexibility index (Phi) is 7.70. The van der Waals surface area contributed by atoms with Crippen LogP contribution in [0, 0.1) is 0 Å². The van der Waals surface area contributed by atoms with Gasteiger partial charge in [-0.1, -0.05) is 50.6 Å². The lowest BCUT2D eigenvalue weighted by Gasteiger charge is -2.08. The Labute approximate surface area is 118 Å². The first-order chi connectivity index (χ1) is 8.24. The molecule has 0 unspecified atom stereocenters. The minimum Gasteiger partial charge on any atom is -0.384 e. The lowest BCUT2D eigenvalue weighted by molar-refractivity contribution is 0.617. The van der Waals surface area contributed by atoms with E-state index in [1.807, 2.05) is 18.2 Å². The van der Waals surface area contributed by atoms with Crippen molar-refractivity contribution in [1.29, 1.82) is 0 Å². The van der Waals surface area contributed by atoms with Crippen LogP contribution in [0.15, 0.2) is 22.7 Å². The van der Waals surface area contributed by atoms with Gasteiger partial charge in [-0.15, -0.1) is 0 Å². The molecule has 96 valence electrons. The highest BCUT2D eigenvalue weighted by atomic mass is 79.9. The van der Waals surface area contributed by atoms with Gasteiger partial charge in [0, 0.05) is 21.7 Å². The largest absolute Gasteiger partial charge is 0.384 e. The van der Waals surface area contributed by atoms with Crippen LogP contribution >= 0.6 is 27.5 Å². The summed E-state index contributed by atoms with van der Waals surface area (Å²) in [6, 6.07) is 5.85. The second-order valence-electron chi connectivity index (χ2n) is 4.32. The Hall–Kier alpha value is -0.210. The highest BCUT2D eigenvalue weighted by molar-refractivity contribution is 9.10. The molecule has 0 amide bonds. The van der Waals surface area contributed by atoms with E-state index < -0.39 is 0 Å². The summed E-state index contributed by atoms with van der Waals surface area (Å²) in [5, 5.41) is 4.19. The van der Waals surface area contributed by atoms with E-state index in [4.69, 9.17) is 11.6 Å². The summed E-state index contributed by atoms with van der Waals surface area (Å²) >= 11 is 9.39. The fourth-order valence-electron chi connectivity index (χ4n) is 1.76. The summed E-state index contributed by atoms with van der Waals surface area (Å²) in [4.78, 5) is 0. The summed E-state index contributed by atoms with van der Waals surface area (Å²) in [6.45, 7) is 3.28. The zero-order valence-electron chi connectivity index (χ0n) is 10.4. The van der Waals surface area contributed by atoms with E-state index >= 15 is 0 Å². The highest BCUT2D eigenvalue weighted by Crippen LogP contribution is 2.25. The van der Waals surface area contributed by atoms with Gasteiger partial charge in [0.15, 0.2) is 0 Å². The van der Waals surface area contributed by atoms with E-state index in [1.54, 1.807) is 0 Å². The van der Waals surface area contributed by atoms with Gasteiger partial charge >= 0.3 is 0 Å². The van der Waals surface area contributed by atoms with Crippen LogP contribution in [-0.4, -0.2) is 6.54 Å². The van der Waals surface area contributed by atoms with Crippen molar-refractivity contribution in [2.45, 2.75) is 45.4 Å². The first-order valence-electron chi connectivity index (χ1n) is 6.43. The van der Waals surface area contributed by atoms with Crippen molar-refractivity contribution < 1.29 is 0 Å². The first kappa shape index (κ1) is 14.8. The molecule has 0 aromatic heterocycles. The van der Waals surface area contributed by atoms with Crippen molar-refractivity contribution in [2.24, 2.45) is 0 Å². The number of hydrogen-bond acceptors (Lipinski definition) is 1. The molecule has 0 atom stereocenters. The third kappa shape index (κ3) is 6.32. The maximum Gasteiger partial charge on any atom is 0.0485 e. The van der Waals surface area contributed by atoms with Crippen LogP contribution in [0.25, 0.3) is 0 Å². The molecule has 0 fully saturated rings. The number of benzene rings is 1. The van der Waals surface area contributed by atoms with Gasteiger partial charge in [-0.05, 0) is 40.5 Å². The predicted molar refractivity (Wildman–Crippen MR) is 81.0 cm³/mol. The highest BCUT2D eigenvalue weighted by Gasteiger charge is 1.99. The fraction of sp³-hybridized carbons (Fsp3) is 0.571. The topological polar surface area (TPSA) is 12.0 Å². The van der Waals surface area contributed by atoms with Gasteiger partial charge in [-0.2, -0.15) is 0 Å². The van der Waals surface area contributed by atoms with Gasteiger partial charge in [-0.3, -0.25) is 0 Å². The summed E-state index contributed by atoms with van der Waals surface area (Å²) in [5.41, 5.74) is 1.13. The smallest absolute Gasteiger partial charge is 0.0485 e. The van der Waals surface area contributed by atoms with Crippen molar-refractivity contribution >= 4 is 33.2 Å². The lowest BCUT2D eigenvalue weighted by atomic mass is 10.1. The van der Waals surface area contributed by atoms with Gasteiger partial charge in [0.25, 0.3) is 0 Å². The van der Waals surface area contributed by atoms with E-state index in [9.17, 15) is 0 Å². The molecule has 0 heterocycles. The summed E-state index contributed by atoms with van der Waals surface area (Å²) in [7, 11) is 0. The minimum absolute atomic E-state index is 0.766. The normalized spacial score (nSPS) is 10.5. The van der Waals surface area contributed by atoms with Crippen LogP contribution in [0.5, 0.6) is 0 Å². The molecule has 0 saturated carbocycles. The van der Waals surface area contributed by atoms with E-state index in [2.05, 4.69) is 28.2 Å². The van der Waals surface area contributed by atoms with Crippen molar-refractivity contribution in [2.75, 3.05) is 11.9 Å². The van der Waals surface area contributed by atoms with Crippen LogP contribution in [-0.2, 0) is 0 Å². The van der Waals surface area contributed by atoms with Gasteiger partial charge in [0.2, 0.25) is 0 Å². The van der Waals surface area contributed by atoms with Crippen molar-refractivity contribution in [3.63, 3.8) is 0 Å². The molecule has 17 heavy (non-hydrogen) atoms. The molecule has 1 nitrogen and oxygen atoms in total. The van der Waals surface area contributed by atoms with Gasteiger partial charge in [0.1, 0.15) is 0 Å². The molecule has 0 bridgehead atoms. The molecule has 1 N–H and O–H groups in total. The SMILES string of the molecule is CCCCCCCCNc1ccc(Cl)cc1Br. The zero-order valence-corrected chi connectivity index (χ0v) is 12.8. The first-order valence-corrected chi connectivity index (χ1v) is 7.60. The Bertz CT molecular complexity index is 328. The van der Waals surface area contributed by atoms with Gasteiger partial charge in [-0.25, -0.2) is 0 Å². The van der Waals surface area contributed by atoms with Crippen molar-refractivity contribution in [1.82, 2.24) is 0 Å². The van der Waals surface area contributed by atoms with Crippen LogP contribution in [0.1, 0.15) is 45.4 Å². The monoisotopic (exact) mass is 317 g/mol. The Morgan fingerprint density at radius 2 is 1.82 bits per heavy atom. The fourth-order valence-corrected chi connectivity index (χ4v) is 2.58. The number of hydrogen-bond donors (Lipinski definition) is 1. The molecule has 0 aliphatic heterocycles. The minimum atomic E-state index is 0.766. The second kappa shape index (κ2) is 8.82. The van der Waals surface area contributed by atoms with E-state index in [0.29, 0.717) is 0 Å². The predicted octanol–water partition coefficient (Wildman–Crippen LogP) is 5.87. The molecule has 1 aromatic rings. The lowest BCUT2D eigenvalue weighted by Crippen LogP contribution is -2.01. The average molecular weight is 319 g/mol. The molecule has 0 aliphatic rings.